The minimum absolute atomic E-state index is 0.109. The number of nitrogens with zero attached hydrogens (tertiary/aromatic N) is 2. The number of nitrogens with one attached hydrogen (secondary N) is 1. The van der Waals surface area contributed by atoms with Crippen molar-refractivity contribution >= 4 is 5.91 Å². The Bertz CT molecular complexity index is 294. The molecule has 0 aromatic carbocycles. The van der Waals surface area contributed by atoms with Gasteiger partial charge in [0.2, 0.25) is 5.91 Å². The summed E-state index contributed by atoms with van der Waals surface area (Å²) in [6, 6.07) is 1.44. The molecular formula is C10H18N4O. The second-order valence-electron chi connectivity index (χ2n) is 3.87. The Morgan fingerprint density at radius 2 is 2.33 bits per heavy atom. The van der Waals surface area contributed by atoms with Gasteiger partial charge in [0.15, 0.2) is 0 Å². The topological polar surface area (TPSA) is 72.9 Å². The van der Waals surface area contributed by atoms with Crippen molar-refractivity contribution in [2.45, 2.75) is 26.4 Å². The van der Waals surface area contributed by atoms with Crippen LogP contribution in [0.4, 0.5) is 0 Å². The monoisotopic (exact) mass is 210 g/mol. The Hall–Kier alpha value is -1.36. The number of carbonyl (C=O) groups excluding carboxylic acids is 1. The quantitative estimate of drug-likeness (QED) is 0.717. The van der Waals surface area contributed by atoms with Crippen LogP contribution in [0, 0.1) is 5.92 Å². The van der Waals surface area contributed by atoms with E-state index in [9.17, 15) is 4.79 Å². The number of aromatic nitrogens is 2. The van der Waals surface area contributed by atoms with Crippen molar-refractivity contribution in [3.63, 3.8) is 0 Å². The van der Waals surface area contributed by atoms with Crippen LogP contribution in [-0.4, -0.2) is 28.3 Å². The molecular weight excluding hydrogens is 192 g/mol. The Morgan fingerprint density at radius 1 is 1.60 bits per heavy atom. The SMILES string of the molecule is CC(CNC(=O)C(C)N)Cn1cccn1. The number of nitrogens with two attached hydrogens (primary N) is 1. The molecule has 0 spiro atoms. The van der Waals surface area contributed by atoms with Gasteiger partial charge in [-0.25, -0.2) is 0 Å². The summed E-state index contributed by atoms with van der Waals surface area (Å²) in [6.45, 7) is 5.16. The molecule has 2 atom stereocenters. The van der Waals surface area contributed by atoms with E-state index in [0.29, 0.717) is 12.5 Å². The third-order valence-corrected chi connectivity index (χ3v) is 2.10. The highest BCUT2D eigenvalue weighted by Gasteiger charge is 2.09. The predicted molar refractivity (Wildman–Crippen MR) is 58.1 cm³/mol. The molecule has 15 heavy (non-hydrogen) atoms. The van der Waals surface area contributed by atoms with Gasteiger partial charge >= 0.3 is 0 Å². The van der Waals surface area contributed by atoms with Gasteiger partial charge in [0.25, 0.3) is 0 Å². The first-order valence-electron chi connectivity index (χ1n) is 5.10. The van der Waals surface area contributed by atoms with Gasteiger partial charge in [-0.2, -0.15) is 5.10 Å². The molecule has 2 unspecified atom stereocenters. The van der Waals surface area contributed by atoms with Crippen molar-refractivity contribution in [1.82, 2.24) is 15.1 Å². The zero-order chi connectivity index (χ0) is 11.3. The summed E-state index contributed by atoms with van der Waals surface area (Å²) in [6.07, 6.45) is 3.65. The molecule has 5 nitrogen and oxygen atoms in total. The molecule has 0 aliphatic heterocycles. The lowest BCUT2D eigenvalue weighted by molar-refractivity contribution is -0.122. The average Bonchev–Trinajstić information content (AvgIpc) is 2.66. The van der Waals surface area contributed by atoms with Crippen molar-refractivity contribution in [2.24, 2.45) is 11.7 Å². The van der Waals surface area contributed by atoms with E-state index in [1.165, 1.54) is 0 Å². The number of rotatable bonds is 5. The zero-order valence-corrected chi connectivity index (χ0v) is 9.18. The van der Waals surface area contributed by atoms with Gasteiger partial charge in [-0.05, 0) is 18.9 Å². The summed E-state index contributed by atoms with van der Waals surface area (Å²) in [7, 11) is 0. The van der Waals surface area contributed by atoms with Gasteiger partial charge in [-0.15, -0.1) is 0 Å². The van der Waals surface area contributed by atoms with E-state index in [0.717, 1.165) is 6.54 Å². The highest BCUT2D eigenvalue weighted by molar-refractivity contribution is 5.80. The fourth-order valence-corrected chi connectivity index (χ4v) is 1.23. The molecule has 0 radical (unpaired) electrons. The smallest absolute Gasteiger partial charge is 0.236 e. The highest BCUT2D eigenvalue weighted by atomic mass is 16.2. The van der Waals surface area contributed by atoms with Gasteiger partial charge in [-0.1, -0.05) is 6.92 Å². The minimum Gasteiger partial charge on any atom is -0.354 e. The van der Waals surface area contributed by atoms with Gasteiger partial charge in [0, 0.05) is 25.5 Å². The molecule has 0 bridgehead atoms. The molecule has 3 N–H and O–H groups in total. The van der Waals surface area contributed by atoms with Crippen LogP contribution >= 0.6 is 0 Å². The van der Waals surface area contributed by atoms with Crippen LogP contribution in [-0.2, 0) is 11.3 Å². The predicted octanol–water partition coefficient (Wildman–Crippen LogP) is -0.0174. The Morgan fingerprint density at radius 3 is 2.87 bits per heavy atom. The van der Waals surface area contributed by atoms with E-state index in [-0.39, 0.29) is 5.91 Å². The lowest BCUT2D eigenvalue weighted by Gasteiger charge is -2.13. The van der Waals surface area contributed by atoms with Gasteiger partial charge < -0.3 is 11.1 Å². The Kier molecular flexibility index (Phi) is 4.30. The van der Waals surface area contributed by atoms with Crippen LogP contribution in [0.1, 0.15) is 13.8 Å². The van der Waals surface area contributed by atoms with E-state index in [1.807, 2.05) is 16.9 Å². The summed E-state index contributed by atoms with van der Waals surface area (Å²) in [5.74, 6) is 0.231. The van der Waals surface area contributed by atoms with Crippen LogP contribution in [0.3, 0.4) is 0 Å². The third kappa shape index (κ3) is 4.12. The van der Waals surface area contributed by atoms with E-state index >= 15 is 0 Å². The molecule has 5 heteroatoms. The fraction of sp³-hybridized carbons (Fsp3) is 0.600. The molecule has 84 valence electrons. The lowest BCUT2D eigenvalue weighted by atomic mass is 10.2. The molecule has 1 amide bonds. The van der Waals surface area contributed by atoms with Gasteiger partial charge in [0.05, 0.1) is 6.04 Å². The van der Waals surface area contributed by atoms with Crippen molar-refractivity contribution in [3.05, 3.63) is 18.5 Å². The normalized spacial score (nSPS) is 14.6. The van der Waals surface area contributed by atoms with Crippen molar-refractivity contribution in [2.75, 3.05) is 6.54 Å². The molecule has 0 fully saturated rings. The summed E-state index contributed by atoms with van der Waals surface area (Å²) in [5.41, 5.74) is 5.43. The van der Waals surface area contributed by atoms with E-state index in [2.05, 4.69) is 17.3 Å². The largest absolute Gasteiger partial charge is 0.354 e. The first kappa shape index (κ1) is 11.7. The Balaban J connectivity index is 2.25. The van der Waals surface area contributed by atoms with Gasteiger partial charge in [0.1, 0.15) is 0 Å². The standard InChI is InChI=1S/C10H18N4O/c1-8(6-12-10(15)9(2)11)7-14-5-3-4-13-14/h3-5,8-9H,6-7,11H2,1-2H3,(H,12,15). The van der Waals surface area contributed by atoms with Crippen LogP contribution in [0.15, 0.2) is 18.5 Å². The second kappa shape index (κ2) is 5.50. The molecule has 1 rings (SSSR count). The van der Waals surface area contributed by atoms with Crippen LogP contribution in [0.25, 0.3) is 0 Å². The van der Waals surface area contributed by atoms with Crippen LogP contribution < -0.4 is 11.1 Å². The zero-order valence-electron chi connectivity index (χ0n) is 9.18. The van der Waals surface area contributed by atoms with E-state index in [4.69, 9.17) is 5.73 Å². The molecule has 1 aromatic rings. The first-order chi connectivity index (χ1) is 7.09. The fourth-order valence-electron chi connectivity index (χ4n) is 1.23. The van der Waals surface area contributed by atoms with Crippen LogP contribution in [0.2, 0.25) is 0 Å². The highest BCUT2D eigenvalue weighted by Crippen LogP contribution is 1.97. The first-order valence-corrected chi connectivity index (χ1v) is 5.10. The average molecular weight is 210 g/mol. The number of carbonyl (C=O) groups is 1. The van der Waals surface area contributed by atoms with Crippen molar-refractivity contribution in [3.8, 4) is 0 Å². The number of hydrogen-bond acceptors (Lipinski definition) is 3. The minimum atomic E-state index is -0.443. The second-order valence-corrected chi connectivity index (χ2v) is 3.87. The number of amides is 1. The summed E-state index contributed by atoms with van der Waals surface area (Å²) >= 11 is 0. The summed E-state index contributed by atoms with van der Waals surface area (Å²) < 4.78 is 1.85. The maximum atomic E-state index is 11.2. The lowest BCUT2D eigenvalue weighted by Crippen LogP contribution is -2.40. The number of hydrogen-bond donors (Lipinski definition) is 2. The molecule has 0 saturated carbocycles. The van der Waals surface area contributed by atoms with E-state index < -0.39 is 6.04 Å². The molecule has 1 heterocycles. The van der Waals surface area contributed by atoms with E-state index in [1.54, 1.807) is 13.1 Å². The molecule has 0 aliphatic rings. The van der Waals surface area contributed by atoms with Crippen molar-refractivity contribution in [1.29, 1.82) is 0 Å². The van der Waals surface area contributed by atoms with Crippen LogP contribution in [0.5, 0.6) is 0 Å². The molecule has 0 aliphatic carbocycles. The molecule has 1 aromatic heterocycles. The maximum absolute atomic E-state index is 11.2. The van der Waals surface area contributed by atoms with Crippen molar-refractivity contribution < 1.29 is 4.79 Å². The van der Waals surface area contributed by atoms with Gasteiger partial charge in [-0.3, -0.25) is 9.48 Å². The molecule has 0 saturated heterocycles. The maximum Gasteiger partial charge on any atom is 0.236 e. The summed E-state index contributed by atoms with van der Waals surface area (Å²) in [5, 5.41) is 6.89. The third-order valence-electron chi connectivity index (χ3n) is 2.10. The Labute approximate surface area is 89.6 Å². The summed E-state index contributed by atoms with van der Waals surface area (Å²) in [4.78, 5) is 11.2.